The summed E-state index contributed by atoms with van der Waals surface area (Å²) < 4.78 is 13.0. The van der Waals surface area contributed by atoms with E-state index in [1.807, 2.05) is 6.92 Å². The maximum absolute atomic E-state index is 13.0. The molecule has 3 nitrogen and oxygen atoms in total. The Hall–Kier alpha value is -1.46. The molecule has 0 saturated heterocycles. The molecule has 1 fully saturated rings. The van der Waals surface area contributed by atoms with Gasteiger partial charge in [-0.05, 0) is 44.0 Å². The normalized spacial score (nSPS) is 14.6. The third-order valence-corrected chi connectivity index (χ3v) is 4.59. The maximum Gasteiger partial charge on any atom is 0.190 e. The predicted octanol–water partition coefficient (Wildman–Crippen LogP) is 3.81. The Morgan fingerprint density at radius 1 is 1.35 bits per heavy atom. The largest absolute Gasteiger partial charge is 0.391 e. The fourth-order valence-corrected chi connectivity index (χ4v) is 3.39. The standard InChI is InChI=1S/C15H17FN2OS/c1-2-18(12-7-5-11(16)6-8-12)15-17-14(10-3-4-10)13(9-19)20-15/h5-8,10,19H,2-4,9H2,1H3. The minimum atomic E-state index is -0.237. The number of anilines is 2. The fourth-order valence-electron chi connectivity index (χ4n) is 2.30. The van der Waals surface area contributed by atoms with Gasteiger partial charge in [0.2, 0.25) is 0 Å². The van der Waals surface area contributed by atoms with Crippen molar-refractivity contribution in [2.24, 2.45) is 0 Å². The van der Waals surface area contributed by atoms with Crippen molar-refractivity contribution >= 4 is 22.2 Å². The van der Waals surface area contributed by atoms with Crippen molar-refractivity contribution < 1.29 is 9.50 Å². The second kappa shape index (κ2) is 5.50. The minimum absolute atomic E-state index is 0.0461. The van der Waals surface area contributed by atoms with E-state index in [4.69, 9.17) is 4.98 Å². The molecule has 106 valence electrons. The first-order chi connectivity index (χ1) is 9.72. The van der Waals surface area contributed by atoms with Crippen molar-refractivity contribution in [3.05, 3.63) is 40.7 Å². The van der Waals surface area contributed by atoms with Crippen LogP contribution in [0.1, 0.15) is 36.3 Å². The number of hydrogen-bond acceptors (Lipinski definition) is 4. The molecule has 0 atom stereocenters. The zero-order valence-corrected chi connectivity index (χ0v) is 12.2. The Kier molecular flexibility index (Phi) is 3.72. The summed E-state index contributed by atoms with van der Waals surface area (Å²) in [6, 6.07) is 6.44. The van der Waals surface area contributed by atoms with E-state index in [0.29, 0.717) is 5.92 Å². The number of rotatable bonds is 5. The molecule has 1 aliphatic rings. The molecule has 0 radical (unpaired) electrons. The highest BCUT2D eigenvalue weighted by Crippen LogP contribution is 2.44. The van der Waals surface area contributed by atoms with E-state index in [-0.39, 0.29) is 12.4 Å². The average molecular weight is 292 g/mol. The van der Waals surface area contributed by atoms with Gasteiger partial charge >= 0.3 is 0 Å². The Bertz CT molecular complexity index is 592. The molecule has 1 aromatic carbocycles. The molecule has 1 N–H and O–H groups in total. The van der Waals surface area contributed by atoms with E-state index >= 15 is 0 Å². The van der Waals surface area contributed by atoms with Gasteiger partial charge in [0.25, 0.3) is 0 Å². The summed E-state index contributed by atoms with van der Waals surface area (Å²) in [6.07, 6.45) is 2.33. The van der Waals surface area contributed by atoms with Gasteiger partial charge in [-0.3, -0.25) is 0 Å². The van der Waals surface area contributed by atoms with E-state index in [1.54, 1.807) is 12.1 Å². The van der Waals surface area contributed by atoms with Crippen LogP contribution < -0.4 is 4.90 Å². The van der Waals surface area contributed by atoms with Crippen molar-refractivity contribution in [2.45, 2.75) is 32.3 Å². The molecule has 3 rings (SSSR count). The first-order valence-electron chi connectivity index (χ1n) is 6.86. The van der Waals surface area contributed by atoms with Crippen LogP contribution in [0.4, 0.5) is 15.2 Å². The summed E-state index contributed by atoms with van der Waals surface area (Å²) >= 11 is 1.53. The monoisotopic (exact) mass is 292 g/mol. The second-order valence-electron chi connectivity index (χ2n) is 4.96. The van der Waals surface area contributed by atoms with Gasteiger partial charge in [-0.2, -0.15) is 0 Å². The lowest BCUT2D eigenvalue weighted by Gasteiger charge is -2.19. The van der Waals surface area contributed by atoms with Gasteiger partial charge in [-0.1, -0.05) is 11.3 Å². The molecule has 0 unspecified atom stereocenters. The van der Waals surface area contributed by atoms with Gasteiger partial charge in [0.1, 0.15) is 5.82 Å². The van der Waals surface area contributed by atoms with Gasteiger partial charge in [0, 0.05) is 18.2 Å². The quantitative estimate of drug-likeness (QED) is 0.910. The number of halogens is 1. The molecule has 1 saturated carbocycles. The van der Waals surface area contributed by atoms with Crippen molar-refractivity contribution in [1.29, 1.82) is 0 Å². The first-order valence-corrected chi connectivity index (χ1v) is 7.68. The smallest absolute Gasteiger partial charge is 0.190 e. The lowest BCUT2D eigenvalue weighted by molar-refractivity contribution is 0.284. The molecule has 0 spiro atoms. The number of benzene rings is 1. The lowest BCUT2D eigenvalue weighted by atomic mass is 10.2. The van der Waals surface area contributed by atoms with Crippen LogP contribution in [0, 0.1) is 5.82 Å². The highest BCUT2D eigenvalue weighted by molar-refractivity contribution is 7.15. The molecular formula is C15H17FN2OS. The average Bonchev–Trinajstić information content (AvgIpc) is 3.22. The summed E-state index contributed by atoms with van der Waals surface area (Å²) in [5.41, 5.74) is 1.97. The van der Waals surface area contributed by atoms with E-state index in [2.05, 4.69) is 4.90 Å². The van der Waals surface area contributed by atoms with E-state index in [1.165, 1.54) is 36.3 Å². The van der Waals surface area contributed by atoms with E-state index < -0.39 is 0 Å². The van der Waals surface area contributed by atoms with Gasteiger partial charge in [-0.25, -0.2) is 9.37 Å². The van der Waals surface area contributed by atoms with Crippen LogP contribution in [-0.4, -0.2) is 16.6 Å². The number of aliphatic hydroxyl groups excluding tert-OH is 1. The van der Waals surface area contributed by atoms with E-state index in [9.17, 15) is 9.50 Å². The fraction of sp³-hybridized carbons (Fsp3) is 0.400. The van der Waals surface area contributed by atoms with Crippen LogP contribution in [0.3, 0.4) is 0 Å². The Morgan fingerprint density at radius 2 is 2.05 bits per heavy atom. The molecule has 1 aromatic heterocycles. The number of thiazole rings is 1. The van der Waals surface area contributed by atoms with Crippen LogP contribution in [0.15, 0.2) is 24.3 Å². The minimum Gasteiger partial charge on any atom is -0.391 e. The molecular weight excluding hydrogens is 275 g/mol. The van der Waals surface area contributed by atoms with Crippen molar-refractivity contribution in [3.63, 3.8) is 0 Å². The maximum atomic E-state index is 13.0. The molecule has 1 aliphatic carbocycles. The zero-order chi connectivity index (χ0) is 14.1. The highest BCUT2D eigenvalue weighted by Gasteiger charge is 2.30. The molecule has 0 amide bonds. The molecule has 0 bridgehead atoms. The van der Waals surface area contributed by atoms with Crippen LogP contribution >= 0.6 is 11.3 Å². The van der Waals surface area contributed by atoms with Crippen LogP contribution in [-0.2, 0) is 6.61 Å². The topological polar surface area (TPSA) is 36.4 Å². The Balaban J connectivity index is 1.94. The number of aliphatic hydroxyl groups is 1. The summed E-state index contributed by atoms with van der Waals surface area (Å²) in [7, 11) is 0. The van der Waals surface area contributed by atoms with Gasteiger partial charge in [0.15, 0.2) is 5.13 Å². The Morgan fingerprint density at radius 3 is 2.60 bits per heavy atom. The van der Waals surface area contributed by atoms with Crippen LogP contribution in [0.5, 0.6) is 0 Å². The summed E-state index contributed by atoms with van der Waals surface area (Å²) in [5.74, 6) is 0.285. The molecule has 0 aliphatic heterocycles. The number of nitrogens with zero attached hydrogens (tertiary/aromatic N) is 2. The summed E-state index contributed by atoms with van der Waals surface area (Å²) in [6.45, 7) is 2.85. The van der Waals surface area contributed by atoms with Crippen molar-refractivity contribution in [1.82, 2.24) is 4.98 Å². The van der Waals surface area contributed by atoms with Crippen molar-refractivity contribution in [2.75, 3.05) is 11.4 Å². The number of aromatic nitrogens is 1. The first kappa shape index (κ1) is 13.5. The molecule has 5 heteroatoms. The molecule has 1 heterocycles. The highest BCUT2D eigenvalue weighted by atomic mass is 32.1. The van der Waals surface area contributed by atoms with Gasteiger partial charge in [0.05, 0.1) is 17.2 Å². The third-order valence-electron chi connectivity index (χ3n) is 3.51. The second-order valence-corrected chi connectivity index (χ2v) is 6.02. The van der Waals surface area contributed by atoms with Crippen LogP contribution in [0.25, 0.3) is 0 Å². The van der Waals surface area contributed by atoms with Gasteiger partial charge in [-0.15, -0.1) is 0 Å². The SMILES string of the molecule is CCN(c1ccc(F)cc1)c1nc(C2CC2)c(CO)s1. The van der Waals surface area contributed by atoms with Crippen molar-refractivity contribution in [3.8, 4) is 0 Å². The summed E-state index contributed by atoms with van der Waals surface area (Å²) in [5, 5.41) is 10.4. The molecule has 20 heavy (non-hydrogen) atoms. The van der Waals surface area contributed by atoms with Crippen LogP contribution in [0.2, 0.25) is 0 Å². The Labute approximate surface area is 121 Å². The summed E-state index contributed by atoms with van der Waals surface area (Å²) in [4.78, 5) is 7.72. The molecule has 2 aromatic rings. The lowest BCUT2D eigenvalue weighted by Crippen LogP contribution is -2.15. The van der Waals surface area contributed by atoms with Gasteiger partial charge < -0.3 is 10.0 Å². The predicted molar refractivity (Wildman–Crippen MR) is 79.1 cm³/mol. The number of hydrogen-bond donors (Lipinski definition) is 1. The third kappa shape index (κ3) is 2.55. The van der Waals surface area contributed by atoms with E-state index in [0.717, 1.165) is 27.9 Å². The zero-order valence-electron chi connectivity index (χ0n) is 11.3.